The van der Waals surface area contributed by atoms with Crippen LogP contribution >= 0.6 is 15.9 Å². The van der Waals surface area contributed by atoms with Crippen LogP contribution in [0.25, 0.3) is 0 Å². The van der Waals surface area contributed by atoms with Gasteiger partial charge in [-0.25, -0.2) is 0 Å². The van der Waals surface area contributed by atoms with E-state index in [4.69, 9.17) is 9.47 Å². The van der Waals surface area contributed by atoms with Crippen molar-refractivity contribution >= 4 is 15.9 Å². The molecule has 2 fully saturated rings. The smallest absolute Gasteiger partial charge is 0.253 e. The van der Waals surface area contributed by atoms with Gasteiger partial charge < -0.3 is 9.47 Å². The van der Waals surface area contributed by atoms with Crippen LogP contribution in [0.4, 0.5) is 0 Å². The van der Waals surface area contributed by atoms with Crippen LogP contribution in [0.15, 0.2) is 41.5 Å². The molecule has 5 atom stereocenters. The minimum absolute atomic E-state index is 0.00632. The second-order valence-electron chi connectivity index (χ2n) is 7.98. The third-order valence-corrected chi connectivity index (χ3v) is 6.08. The predicted molar refractivity (Wildman–Crippen MR) is 106 cm³/mol. The molecule has 2 aliphatic rings. The Morgan fingerprint density at radius 3 is 2.52 bits per heavy atom. The van der Waals surface area contributed by atoms with E-state index in [9.17, 15) is 0 Å². The molecule has 1 aromatic rings. The van der Waals surface area contributed by atoms with Gasteiger partial charge >= 0.3 is 0 Å². The van der Waals surface area contributed by atoms with Crippen LogP contribution in [0.2, 0.25) is 0 Å². The number of hydrogen-bond acceptors (Lipinski definition) is 3. The van der Waals surface area contributed by atoms with Gasteiger partial charge in [-0.15, -0.1) is 0 Å². The van der Waals surface area contributed by atoms with E-state index in [0.29, 0.717) is 10.7 Å². The molecule has 3 rings (SSSR count). The van der Waals surface area contributed by atoms with Gasteiger partial charge in [0, 0.05) is 22.9 Å². The highest BCUT2D eigenvalue weighted by molar-refractivity contribution is 9.09. The van der Waals surface area contributed by atoms with Gasteiger partial charge in [-0.2, -0.15) is 0 Å². The van der Waals surface area contributed by atoms with E-state index in [1.807, 2.05) is 6.07 Å². The second-order valence-corrected chi connectivity index (χ2v) is 9.16. The van der Waals surface area contributed by atoms with E-state index in [2.05, 4.69) is 80.1 Å². The van der Waals surface area contributed by atoms with Gasteiger partial charge in [-0.05, 0) is 38.7 Å². The third-order valence-electron chi connectivity index (χ3n) is 5.12. The van der Waals surface area contributed by atoms with Gasteiger partial charge in [0.05, 0.1) is 6.10 Å². The fourth-order valence-electron chi connectivity index (χ4n) is 3.91. The summed E-state index contributed by atoms with van der Waals surface area (Å²) >= 11 is 3.86. The summed E-state index contributed by atoms with van der Waals surface area (Å²) in [6, 6.07) is 10.6. The molecule has 3 unspecified atom stereocenters. The number of benzene rings is 1. The van der Waals surface area contributed by atoms with Crippen molar-refractivity contribution in [3.05, 3.63) is 47.0 Å². The second kappa shape index (κ2) is 7.51. The summed E-state index contributed by atoms with van der Waals surface area (Å²) in [7, 11) is 0. The Morgan fingerprint density at radius 1 is 1.24 bits per heavy atom. The van der Waals surface area contributed by atoms with E-state index in [1.54, 1.807) is 0 Å². The van der Waals surface area contributed by atoms with E-state index < -0.39 is 5.91 Å². The number of ether oxygens (including phenoxy) is 2. The molecule has 4 heteroatoms. The van der Waals surface area contributed by atoms with E-state index in [1.165, 1.54) is 16.7 Å². The predicted octanol–water partition coefficient (Wildman–Crippen LogP) is 5.32. The summed E-state index contributed by atoms with van der Waals surface area (Å²) in [6.45, 7) is 11.0. The van der Waals surface area contributed by atoms with Crippen molar-refractivity contribution in [2.45, 2.75) is 76.4 Å². The van der Waals surface area contributed by atoms with Crippen LogP contribution < -0.4 is 5.32 Å². The molecule has 2 aliphatic heterocycles. The van der Waals surface area contributed by atoms with Gasteiger partial charge in [-0.3, -0.25) is 5.32 Å². The van der Waals surface area contributed by atoms with Crippen LogP contribution in [0.5, 0.6) is 0 Å². The highest BCUT2D eigenvalue weighted by atomic mass is 79.9. The van der Waals surface area contributed by atoms with Crippen molar-refractivity contribution in [2.75, 3.05) is 0 Å². The maximum Gasteiger partial charge on any atom is 0.253 e. The Balaban J connectivity index is 1.85. The number of halogens is 1. The molecule has 3 nitrogen and oxygen atoms in total. The quantitative estimate of drug-likeness (QED) is 0.540. The minimum Gasteiger partial charge on any atom is -0.329 e. The summed E-state index contributed by atoms with van der Waals surface area (Å²) < 4.78 is 13.1. The molecule has 0 saturated carbocycles. The largest absolute Gasteiger partial charge is 0.329 e. The first-order valence-electron chi connectivity index (χ1n) is 9.31. The molecule has 0 bridgehead atoms. The Hall–Kier alpha value is -0.680. The molecule has 1 aromatic carbocycles. The lowest BCUT2D eigenvalue weighted by Gasteiger charge is -2.28. The van der Waals surface area contributed by atoms with E-state index in [0.717, 1.165) is 12.8 Å². The number of rotatable bonds is 4. The first-order chi connectivity index (χ1) is 11.8. The van der Waals surface area contributed by atoms with Crippen LogP contribution in [-0.4, -0.2) is 22.9 Å². The number of hydrogen-bond donors (Lipinski definition) is 1. The van der Waals surface area contributed by atoms with Crippen molar-refractivity contribution in [1.82, 2.24) is 5.32 Å². The van der Waals surface area contributed by atoms with Crippen LogP contribution in [-0.2, 0) is 9.47 Å². The molecule has 2 saturated heterocycles. The molecule has 0 radical (unpaired) electrons. The summed E-state index contributed by atoms with van der Waals surface area (Å²) in [4.78, 5) is 0.331. The highest BCUT2D eigenvalue weighted by Gasteiger charge is 2.55. The molecule has 138 valence electrons. The zero-order valence-corrected chi connectivity index (χ0v) is 17.5. The molecule has 1 N–H and O–H groups in total. The molecule has 0 amide bonds. The summed E-state index contributed by atoms with van der Waals surface area (Å²) in [5, 5.41) is 3.62. The molecule has 25 heavy (non-hydrogen) atoms. The number of nitrogens with one attached hydrogen (secondary N) is 1. The Labute approximate surface area is 160 Å². The lowest BCUT2D eigenvalue weighted by atomic mass is 9.99. The Bertz CT molecular complexity index is 626. The van der Waals surface area contributed by atoms with Gasteiger partial charge in [-0.1, -0.05) is 65.7 Å². The normalized spacial score (nSPS) is 33.4. The van der Waals surface area contributed by atoms with Gasteiger partial charge in [0.15, 0.2) is 0 Å². The van der Waals surface area contributed by atoms with Crippen LogP contribution in [0.3, 0.4) is 0 Å². The van der Waals surface area contributed by atoms with E-state index in [-0.39, 0.29) is 18.2 Å². The fraction of sp³-hybridized carbons (Fsp3) is 0.619. The molecular weight excluding hydrogens is 378 g/mol. The molecule has 0 aromatic heterocycles. The number of allylic oxidation sites excluding steroid dienone is 1. The SMILES string of the molecule is CC(C)=C1CC(C(Br)CC(C)C)O[C@]12N[C@@H](C)C(c1ccccc1)O2. The summed E-state index contributed by atoms with van der Waals surface area (Å²) in [5.41, 5.74) is 3.72. The highest BCUT2D eigenvalue weighted by Crippen LogP contribution is 2.47. The molecular formula is C21H30BrNO2. The van der Waals surface area contributed by atoms with Crippen LogP contribution in [0.1, 0.15) is 59.1 Å². The molecule has 1 spiro atoms. The van der Waals surface area contributed by atoms with Crippen molar-refractivity contribution in [1.29, 1.82) is 0 Å². The first kappa shape index (κ1) is 19.1. The minimum atomic E-state index is -0.785. The van der Waals surface area contributed by atoms with Gasteiger partial charge in [0.25, 0.3) is 5.91 Å². The third kappa shape index (κ3) is 3.87. The van der Waals surface area contributed by atoms with Crippen molar-refractivity contribution in [3.8, 4) is 0 Å². The Morgan fingerprint density at radius 2 is 1.92 bits per heavy atom. The Kier molecular flexibility index (Phi) is 5.74. The van der Waals surface area contributed by atoms with Crippen molar-refractivity contribution < 1.29 is 9.47 Å². The molecule has 2 heterocycles. The monoisotopic (exact) mass is 407 g/mol. The lowest BCUT2D eigenvalue weighted by molar-refractivity contribution is -0.210. The maximum atomic E-state index is 6.56. The van der Waals surface area contributed by atoms with Crippen molar-refractivity contribution in [2.24, 2.45) is 5.92 Å². The maximum absolute atomic E-state index is 6.56. The standard InChI is InChI=1S/C21H30BrNO2/c1-13(2)11-18(22)19-12-17(14(3)4)21(24-19)23-15(5)20(25-21)16-9-7-6-8-10-16/h6-10,13,15,18-20,23H,11-12H2,1-5H3/t15-,18?,19?,20?,21+/m0/s1. The zero-order valence-electron chi connectivity index (χ0n) is 15.9. The summed E-state index contributed by atoms with van der Waals surface area (Å²) in [5.74, 6) is -0.153. The average molecular weight is 408 g/mol. The summed E-state index contributed by atoms with van der Waals surface area (Å²) in [6.07, 6.45) is 2.12. The van der Waals surface area contributed by atoms with Gasteiger partial charge in [0.1, 0.15) is 6.10 Å². The lowest BCUT2D eigenvalue weighted by Crippen LogP contribution is -2.45. The first-order valence-corrected chi connectivity index (χ1v) is 10.2. The van der Waals surface area contributed by atoms with Crippen molar-refractivity contribution in [3.63, 3.8) is 0 Å². The average Bonchev–Trinajstić information content (AvgIpc) is 3.08. The fourth-order valence-corrected chi connectivity index (χ4v) is 4.95. The van der Waals surface area contributed by atoms with E-state index >= 15 is 0 Å². The van der Waals surface area contributed by atoms with Crippen LogP contribution in [0, 0.1) is 5.92 Å². The van der Waals surface area contributed by atoms with Gasteiger partial charge in [0.2, 0.25) is 0 Å². The molecule has 0 aliphatic carbocycles. The zero-order chi connectivity index (χ0) is 18.2. The number of alkyl halides is 1. The topological polar surface area (TPSA) is 30.5 Å².